The molecular formula is C21H18N2O2. The highest BCUT2D eigenvalue weighted by molar-refractivity contribution is 6.06. The molecule has 124 valence electrons. The van der Waals surface area contributed by atoms with E-state index in [-0.39, 0.29) is 23.3 Å². The number of carbonyl (C=O) groups excluding carboxylic acids is 1. The maximum Gasteiger partial charge on any atom is 0.259 e. The Bertz CT molecular complexity index is 911. The van der Waals surface area contributed by atoms with Crippen molar-refractivity contribution in [3.8, 4) is 5.75 Å². The number of rotatable bonds is 3. The van der Waals surface area contributed by atoms with Crippen molar-refractivity contribution in [2.24, 2.45) is 0 Å². The smallest absolute Gasteiger partial charge is 0.259 e. The van der Waals surface area contributed by atoms with Crippen molar-refractivity contribution in [3.63, 3.8) is 0 Å². The monoisotopic (exact) mass is 330 g/mol. The average molecular weight is 330 g/mol. The van der Waals surface area contributed by atoms with Gasteiger partial charge in [-0.15, -0.1) is 0 Å². The third-order valence-electron chi connectivity index (χ3n) is 4.50. The van der Waals surface area contributed by atoms with E-state index in [2.05, 4.69) is 22.8 Å². The Labute approximate surface area is 146 Å². The standard InChI is InChI=1S/C21H18N2O2/c24-20-12-6-3-9-16(20)21(25)23-18-11-5-2-8-15(18)19-13-14-7-1-4-10-17(14)22-19/h1-12,19,22,24H,13H2,(H,23,25). The maximum atomic E-state index is 12.5. The van der Waals surface area contributed by atoms with Crippen LogP contribution in [-0.4, -0.2) is 11.0 Å². The van der Waals surface area contributed by atoms with Crippen LogP contribution in [0.15, 0.2) is 72.8 Å². The molecule has 1 heterocycles. The molecule has 3 aromatic rings. The van der Waals surface area contributed by atoms with E-state index in [0.29, 0.717) is 0 Å². The van der Waals surface area contributed by atoms with Gasteiger partial charge in [-0.25, -0.2) is 0 Å². The first-order chi connectivity index (χ1) is 12.2. The van der Waals surface area contributed by atoms with Crippen molar-refractivity contribution in [1.82, 2.24) is 0 Å². The number of amides is 1. The largest absolute Gasteiger partial charge is 0.507 e. The van der Waals surface area contributed by atoms with Crippen LogP contribution < -0.4 is 10.6 Å². The van der Waals surface area contributed by atoms with Crippen LogP contribution in [0.1, 0.15) is 27.5 Å². The predicted molar refractivity (Wildman–Crippen MR) is 99.0 cm³/mol. The molecule has 0 bridgehead atoms. The Morgan fingerprint density at radius 3 is 2.52 bits per heavy atom. The van der Waals surface area contributed by atoms with Crippen molar-refractivity contribution < 1.29 is 9.90 Å². The number of aromatic hydroxyl groups is 1. The molecule has 3 aromatic carbocycles. The van der Waals surface area contributed by atoms with Crippen molar-refractivity contribution in [2.45, 2.75) is 12.5 Å². The lowest BCUT2D eigenvalue weighted by molar-refractivity contribution is 0.102. The molecular weight excluding hydrogens is 312 g/mol. The van der Waals surface area contributed by atoms with Gasteiger partial charge in [-0.3, -0.25) is 4.79 Å². The Morgan fingerprint density at radius 1 is 0.960 bits per heavy atom. The first kappa shape index (κ1) is 15.3. The van der Waals surface area contributed by atoms with Gasteiger partial charge in [0.2, 0.25) is 0 Å². The van der Waals surface area contributed by atoms with Crippen LogP contribution in [0.5, 0.6) is 5.75 Å². The fourth-order valence-electron chi connectivity index (χ4n) is 3.26. The second-order valence-electron chi connectivity index (χ2n) is 6.12. The molecule has 0 saturated carbocycles. The lowest BCUT2D eigenvalue weighted by atomic mass is 10.0. The summed E-state index contributed by atoms with van der Waals surface area (Å²) in [4.78, 5) is 12.5. The zero-order chi connectivity index (χ0) is 17.2. The molecule has 0 spiro atoms. The molecule has 1 unspecified atom stereocenters. The number of hydrogen-bond acceptors (Lipinski definition) is 3. The van der Waals surface area contributed by atoms with Crippen molar-refractivity contribution in [2.75, 3.05) is 10.6 Å². The summed E-state index contributed by atoms with van der Waals surface area (Å²) in [6, 6.07) is 22.7. The normalized spacial score (nSPS) is 15.3. The second-order valence-corrected chi connectivity index (χ2v) is 6.12. The van der Waals surface area contributed by atoms with Crippen molar-refractivity contribution in [3.05, 3.63) is 89.5 Å². The second kappa shape index (κ2) is 6.32. The molecule has 3 N–H and O–H groups in total. The molecule has 1 aliphatic rings. The van der Waals surface area contributed by atoms with Crippen LogP contribution in [0.3, 0.4) is 0 Å². The SMILES string of the molecule is O=C(Nc1ccccc1C1Cc2ccccc2N1)c1ccccc1O. The van der Waals surface area contributed by atoms with Crippen LogP contribution in [0.25, 0.3) is 0 Å². The minimum atomic E-state index is -0.318. The summed E-state index contributed by atoms with van der Waals surface area (Å²) in [5, 5.41) is 16.3. The van der Waals surface area contributed by atoms with E-state index < -0.39 is 0 Å². The summed E-state index contributed by atoms with van der Waals surface area (Å²) >= 11 is 0. The predicted octanol–water partition coefficient (Wildman–Crippen LogP) is 4.35. The quantitative estimate of drug-likeness (QED) is 0.669. The van der Waals surface area contributed by atoms with E-state index in [0.717, 1.165) is 23.4 Å². The van der Waals surface area contributed by atoms with Crippen molar-refractivity contribution in [1.29, 1.82) is 0 Å². The first-order valence-corrected chi connectivity index (χ1v) is 8.25. The summed E-state index contributed by atoms with van der Waals surface area (Å²) in [5.74, 6) is -0.343. The van der Waals surface area contributed by atoms with Gasteiger partial charge in [0.05, 0.1) is 11.6 Å². The van der Waals surface area contributed by atoms with Crippen LogP contribution in [0.4, 0.5) is 11.4 Å². The van der Waals surface area contributed by atoms with Gasteiger partial charge in [0.15, 0.2) is 0 Å². The van der Waals surface area contributed by atoms with E-state index in [9.17, 15) is 9.90 Å². The number of para-hydroxylation sites is 3. The number of fused-ring (bicyclic) bond motifs is 1. The number of phenols is 1. The molecule has 25 heavy (non-hydrogen) atoms. The number of benzene rings is 3. The van der Waals surface area contributed by atoms with Gasteiger partial charge in [0.25, 0.3) is 5.91 Å². The highest BCUT2D eigenvalue weighted by atomic mass is 16.3. The summed E-state index contributed by atoms with van der Waals surface area (Å²) in [6.45, 7) is 0. The van der Waals surface area contributed by atoms with E-state index in [1.807, 2.05) is 36.4 Å². The molecule has 1 aliphatic heterocycles. The third-order valence-corrected chi connectivity index (χ3v) is 4.50. The molecule has 0 fully saturated rings. The topological polar surface area (TPSA) is 61.4 Å². The zero-order valence-corrected chi connectivity index (χ0v) is 13.6. The molecule has 0 aromatic heterocycles. The fraction of sp³-hybridized carbons (Fsp3) is 0.0952. The zero-order valence-electron chi connectivity index (χ0n) is 13.6. The van der Waals surface area contributed by atoms with Gasteiger partial charge in [0.1, 0.15) is 5.75 Å². The summed E-state index contributed by atoms with van der Waals surface area (Å²) < 4.78 is 0. The number of hydrogen-bond donors (Lipinski definition) is 3. The number of nitrogens with one attached hydrogen (secondary N) is 2. The lowest BCUT2D eigenvalue weighted by Crippen LogP contribution is -2.16. The van der Waals surface area contributed by atoms with E-state index >= 15 is 0 Å². The van der Waals surface area contributed by atoms with Gasteiger partial charge in [-0.1, -0.05) is 48.5 Å². The van der Waals surface area contributed by atoms with E-state index in [1.54, 1.807) is 18.2 Å². The Kier molecular flexibility index (Phi) is 3.86. The minimum absolute atomic E-state index is 0.0242. The first-order valence-electron chi connectivity index (χ1n) is 8.25. The number of anilines is 2. The van der Waals surface area contributed by atoms with E-state index in [4.69, 9.17) is 0 Å². The number of phenolic OH excluding ortho intramolecular Hbond substituents is 1. The fourth-order valence-corrected chi connectivity index (χ4v) is 3.26. The Balaban J connectivity index is 1.60. The Hall–Kier alpha value is -3.27. The molecule has 0 aliphatic carbocycles. The third kappa shape index (κ3) is 2.94. The van der Waals surface area contributed by atoms with Gasteiger partial charge in [-0.05, 0) is 41.8 Å². The Morgan fingerprint density at radius 2 is 1.68 bits per heavy atom. The molecule has 4 nitrogen and oxygen atoms in total. The van der Waals surface area contributed by atoms with Crippen molar-refractivity contribution >= 4 is 17.3 Å². The van der Waals surface area contributed by atoms with Gasteiger partial charge in [0, 0.05) is 11.4 Å². The minimum Gasteiger partial charge on any atom is -0.507 e. The van der Waals surface area contributed by atoms with Crippen LogP contribution in [0, 0.1) is 0 Å². The summed E-state index contributed by atoms with van der Waals surface area (Å²) in [7, 11) is 0. The molecule has 0 radical (unpaired) electrons. The van der Waals surface area contributed by atoms with Gasteiger partial charge in [-0.2, -0.15) is 0 Å². The molecule has 1 atom stereocenters. The highest BCUT2D eigenvalue weighted by Gasteiger charge is 2.24. The highest BCUT2D eigenvalue weighted by Crippen LogP contribution is 2.36. The van der Waals surface area contributed by atoms with Crippen LogP contribution in [0.2, 0.25) is 0 Å². The maximum absolute atomic E-state index is 12.5. The summed E-state index contributed by atoms with van der Waals surface area (Å²) in [6.07, 6.45) is 0.875. The van der Waals surface area contributed by atoms with Crippen LogP contribution in [-0.2, 0) is 6.42 Å². The lowest BCUT2D eigenvalue weighted by Gasteiger charge is -2.17. The van der Waals surface area contributed by atoms with Gasteiger partial charge < -0.3 is 15.7 Å². The van der Waals surface area contributed by atoms with Crippen LogP contribution >= 0.6 is 0 Å². The van der Waals surface area contributed by atoms with E-state index in [1.165, 1.54) is 11.6 Å². The molecule has 1 amide bonds. The van der Waals surface area contributed by atoms with Gasteiger partial charge >= 0.3 is 0 Å². The summed E-state index contributed by atoms with van der Waals surface area (Å²) in [5.41, 5.74) is 4.45. The molecule has 0 saturated heterocycles. The molecule has 4 rings (SSSR count). The average Bonchev–Trinajstić information content (AvgIpc) is 3.06. The number of carbonyl (C=O) groups is 1. The molecule has 4 heteroatoms.